The van der Waals surface area contributed by atoms with Crippen molar-refractivity contribution in [3.8, 4) is 0 Å². The maximum atomic E-state index is 12.6. The molecule has 6 nitrogen and oxygen atoms in total. The number of anilines is 2. The molecular weight excluding hydrogens is 398 g/mol. The van der Waals surface area contributed by atoms with Crippen LogP contribution < -0.4 is 9.80 Å². The highest BCUT2D eigenvalue weighted by atomic mass is 32.1. The second kappa shape index (κ2) is 7.25. The summed E-state index contributed by atoms with van der Waals surface area (Å²) >= 11 is 5.95. The van der Waals surface area contributed by atoms with E-state index < -0.39 is 18.1 Å². The summed E-state index contributed by atoms with van der Waals surface area (Å²) in [7, 11) is 4.01. The van der Waals surface area contributed by atoms with Crippen molar-refractivity contribution in [2.24, 2.45) is 5.92 Å². The van der Waals surface area contributed by atoms with E-state index in [9.17, 15) is 9.90 Å². The maximum absolute atomic E-state index is 12.6. The second-order valence-corrected chi connectivity index (χ2v) is 8.83. The topological polar surface area (TPSA) is 56.2 Å². The van der Waals surface area contributed by atoms with Gasteiger partial charge in [-0.2, -0.15) is 0 Å². The molecule has 0 aromatic heterocycles. The average molecular weight is 424 g/mol. The number of rotatable bonds is 4. The van der Waals surface area contributed by atoms with Crippen molar-refractivity contribution < 1.29 is 14.6 Å². The van der Waals surface area contributed by atoms with Gasteiger partial charge >= 0.3 is 5.97 Å². The summed E-state index contributed by atoms with van der Waals surface area (Å²) in [6, 6.07) is 18.0. The summed E-state index contributed by atoms with van der Waals surface area (Å²) in [4.78, 5) is 18.9. The number of carbonyl (C=O) groups is 1. The normalized spacial score (nSPS) is 29.8. The summed E-state index contributed by atoms with van der Waals surface area (Å²) < 4.78 is 5.64. The third-order valence-electron chi connectivity index (χ3n) is 6.48. The van der Waals surface area contributed by atoms with E-state index in [-0.39, 0.29) is 18.1 Å². The number of hydrogen-bond acceptors (Lipinski definition) is 5. The van der Waals surface area contributed by atoms with Gasteiger partial charge in [0.25, 0.3) is 0 Å². The fourth-order valence-electron chi connectivity index (χ4n) is 5.03. The molecule has 3 heterocycles. The first-order valence-electron chi connectivity index (χ1n) is 10.3. The maximum Gasteiger partial charge on any atom is 0.311 e. The highest BCUT2D eigenvalue weighted by molar-refractivity contribution is 7.80. The highest BCUT2D eigenvalue weighted by Gasteiger charge is 2.62. The van der Waals surface area contributed by atoms with Crippen LogP contribution in [0.3, 0.4) is 0 Å². The molecule has 156 valence electrons. The quantitative estimate of drug-likeness (QED) is 0.599. The zero-order valence-corrected chi connectivity index (χ0v) is 17.8. The van der Waals surface area contributed by atoms with E-state index in [2.05, 4.69) is 46.2 Å². The van der Waals surface area contributed by atoms with Gasteiger partial charge in [-0.15, -0.1) is 0 Å². The van der Waals surface area contributed by atoms with Gasteiger partial charge in [0.1, 0.15) is 6.10 Å². The summed E-state index contributed by atoms with van der Waals surface area (Å²) in [5.41, 5.74) is 3.19. The van der Waals surface area contributed by atoms with Crippen LogP contribution in [0.5, 0.6) is 0 Å². The number of carbonyl (C=O) groups excluding carboxylic acids is 1. The molecule has 3 saturated heterocycles. The van der Waals surface area contributed by atoms with Gasteiger partial charge < -0.3 is 24.5 Å². The van der Waals surface area contributed by atoms with Crippen molar-refractivity contribution in [3.63, 3.8) is 0 Å². The smallest absolute Gasteiger partial charge is 0.311 e. The molecule has 30 heavy (non-hydrogen) atoms. The highest BCUT2D eigenvalue weighted by Crippen LogP contribution is 2.46. The van der Waals surface area contributed by atoms with Crippen molar-refractivity contribution in [3.05, 3.63) is 60.2 Å². The average Bonchev–Trinajstić information content (AvgIpc) is 3.03. The first kappa shape index (κ1) is 19.3. The zero-order valence-electron chi connectivity index (χ0n) is 17.0. The molecule has 0 spiro atoms. The Labute approximate surface area is 181 Å². The third kappa shape index (κ3) is 2.96. The Hall–Kier alpha value is -2.64. The van der Waals surface area contributed by atoms with Gasteiger partial charge in [0.15, 0.2) is 5.11 Å². The molecule has 4 fully saturated rings. The molecule has 4 aliphatic rings. The van der Waals surface area contributed by atoms with Gasteiger partial charge in [-0.1, -0.05) is 30.3 Å². The molecule has 6 rings (SSSR count). The van der Waals surface area contributed by atoms with Crippen LogP contribution in [0.15, 0.2) is 54.6 Å². The van der Waals surface area contributed by atoms with Crippen LogP contribution in [-0.4, -0.2) is 59.5 Å². The zero-order chi connectivity index (χ0) is 21.0. The lowest BCUT2D eigenvalue weighted by atomic mass is 9.74. The number of aliphatic hydroxyl groups excluding tert-OH is 1. The molecule has 7 heteroatoms. The van der Waals surface area contributed by atoms with Crippen LogP contribution in [-0.2, 0) is 16.1 Å². The van der Waals surface area contributed by atoms with E-state index in [4.69, 9.17) is 17.0 Å². The summed E-state index contributed by atoms with van der Waals surface area (Å²) in [5.74, 6) is -0.631. The fourth-order valence-corrected chi connectivity index (χ4v) is 5.45. The Morgan fingerprint density at radius 1 is 1.10 bits per heavy atom. The Kier molecular flexibility index (Phi) is 4.67. The molecule has 0 unspecified atom stereocenters. The van der Waals surface area contributed by atoms with E-state index in [1.165, 1.54) is 0 Å². The van der Waals surface area contributed by atoms with Gasteiger partial charge in [0.2, 0.25) is 0 Å². The van der Waals surface area contributed by atoms with Crippen molar-refractivity contribution in [2.45, 2.75) is 37.3 Å². The van der Waals surface area contributed by atoms with Gasteiger partial charge in [-0.05, 0) is 48.5 Å². The number of benzene rings is 2. The standard InChI is InChI=1S/C23H25N3O3S/c1-24(2)15-8-10-16(11-9-15)26-19-17-12-18(27)21(29-22(17)28)20(19)25(23(26)30)13-14-6-4-3-5-7-14/h3-11,17-21,27H,12-13H2,1-2H3/t17-,18+,19-,20+,21-/m0/s1. The van der Waals surface area contributed by atoms with Crippen LogP contribution in [0, 0.1) is 5.92 Å². The van der Waals surface area contributed by atoms with Gasteiger partial charge in [-0.25, -0.2) is 0 Å². The van der Waals surface area contributed by atoms with Gasteiger partial charge in [0.05, 0.1) is 24.1 Å². The van der Waals surface area contributed by atoms with Crippen LogP contribution >= 0.6 is 12.2 Å². The van der Waals surface area contributed by atoms with Crippen LogP contribution in [0.1, 0.15) is 12.0 Å². The molecule has 1 saturated carbocycles. The lowest BCUT2D eigenvalue weighted by molar-refractivity contribution is -0.194. The summed E-state index contributed by atoms with van der Waals surface area (Å²) in [5, 5.41) is 11.3. The molecule has 0 radical (unpaired) electrons. The van der Waals surface area contributed by atoms with E-state index in [0.29, 0.717) is 18.1 Å². The monoisotopic (exact) mass is 423 g/mol. The number of aliphatic hydroxyl groups is 1. The second-order valence-electron chi connectivity index (χ2n) is 8.47. The van der Waals surface area contributed by atoms with Crippen LogP contribution in [0.25, 0.3) is 0 Å². The molecule has 2 aromatic carbocycles. The number of fused-ring (bicyclic) bond motifs is 2. The first-order valence-corrected chi connectivity index (χ1v) is 10.7. The van der Waals surface area contributed by atoms with Gasteiger partial charge in [0, 0.05) is 32.0 Å². The van der Waals surface area contributed by atoms with Crippen molar-refractivity contribution in [2.75, 3.05) is 23.9 Å². The van der Waals surface area contributed by atoms with Crippen LogP contribution in [0.4, 0.5) is 11.4 Å². The van der Waals surface area contributed by atoms with Crippen molar-refractivity contribution in [1.29, 1.82) is 0 Å². The van der Waals surface area contributed by atoms with Crippen molar-refractivity contribution in [1.82, 2.24) is 4.90 Å². The Morgan fingerprint density at radius 2 is 1.80 bits per heavy atom. The molecule has 2 bridgehead atoms. The summed E-state index contributed by atoms with van der Waals surface area (Å²) in [6.45, 7) is 0.612. The molecule has 5 atom stereocenters. The minimum atomic E-state index is -0.661. The van der Waals surface area contributed by atoms with E-state index in [1.807, 2.05) is 37.2 Å². The number of hydrogen-bond donors (Lipinski definition) is 1. The Morgan fingerprint density at radius 3 is 2.47 bits per heavy atom. The number of nitrogens with zero attached hydrogens (tertiary/aromatic N) is 3. The fraction of sp³-hybridized carbons (Fsp3) is 0.391. The Bertz CT molecular complexity index is 965. The predicted molar refractivity (Wildman–Crippen MR) is 119 cm³/mol. The number of thiocarbonyl (C=S) groups is 1. The molecule has 3 aliphatic heterocycles. The SMILES string of the molecule is CN(C)c1ccc(N2C(=S)N(Cc3ccccc3)[C@H]3[C@H]4OC(=O)[C@@H](C[C@H]4O)[C@@H]32)cc1. The molecule has 1 N–H and O–H groups in total. The first-order chi connectivity index (χ1) is 14.5. The minimum Gasteiger partial charge on any atom is -0.457 e. The molecule has 2 aromatic rings. The van der Waals surface area contributed by atoms with E-state index in [0.717, 1.165) is 16.9 Å². The lowest BCUT2D eigenvalue weighted by Gasteiger charge is -2.49. The largest absolute Gasteiger partial charge is 0.457 e. The number of ether oxygens (including phenoxy) is 1. The van der Waals surface area contributed by atoms with Crippen LogP contribution in [0.2, 0.25) is 0 Å². The van der Waals surface area contributed by atoms with Gasteiger partial charge in [-0.3, -0.25) is 4.79 Å². The Balaban J connectivity index is 1.55. The van der Waals surface area contributed by atoms with Crippen molar-refractivity contribution >= 4 is 34.7 Å². The van der Waals surface area contributed by atoms with E-state index in [1.54, 1.807) is 0 Å². The summed E-state index contributed by atoms with van der Waals surface area (Å²) in [6.07, 6.45) is -0.815. The minimum absolute atomic E-state index is 0.138. The van der Waals surface area contributed by atoms with E-state index >= 15 is 0 Å². The third-order valence-corrected chi connectivity index (χ3v) is 6.91. The lowest BCUT2D eigenvalue weighted by Crippen LogP contribution is -2.66. The molecule has 1 aliphatic carbocycles. The molecule has 0 amide bonds. The number of esters is 1. The predicted octanol–water partition coefficient (Wildman–Crippen LogP) is 2.40. The molecular formula is C23H25N3O3S.